The molecule has 0 fully saturated rings. The molecule has 0 aliphatic heterocycles. The Bertz CT molecular complexity index is 537. The van der Waals surface area contributed by atoms with Crippen molar-refractivity contribution in [3.05, 3.63) is 24.3 Å². The van der Waals surface area contributed by atoms with Crippen molar-refractivity contribution in [3.63, 3.8) is 0 Å². The van der Waals surface area contributed by atoms with E-state index < -0.39 is 28.8 Å². The van der Waals surface area contributed by atoms with Crippen molar-refractivity contribution in [1.82, 2.24) is 4.72 Å². The van der Waals surface area contributed by atoms with E-state index in [1.165, 1.54) is 11.8 Å². The van der Waals surface area contributed by atoms with Gasteiger partial charge in [0.25, 0.3) is 0 Å². The first-order valence-electron chi connectivity index (χ1n) is 6.59. The van der Waals surface area contributed by atoms with Crippen LogP contribution in [-0.4, -0.2) is 48.9 Å². The van der Waals surface area contributed by atoms with Gasteiger partial charge in [0.05, 0.1) is 24.5 Å². The van der Waals surface area contributed by atoms with E-state index in [2.05, 4.69) is 4.72 Å². The number of hydrogen-bond acceptors (Lipinski definition) is 6. The first-order chi connectivity index (χ1) is 9.88. The molecule has 0 saturated carbocycles. The Labute approximate surface area is 129 Å². The number of anilines is 1. The fraction of sp³-hybridized carbons (Fsp3) is 0.538. The number of rotatable bonds is 9. The largest absolute Gasteiger partial charge is 0.398 e. The molecule has 0 amide bonds. The average molecular weight is 334 g/mol. The molecule has 1 rings (SSSR count). The van der Waals surface area contributed by atoms with Gasteiger partial charge < -0.3 is 15.9 Å². The first kappa shape index (κ1) is 18.2. The van der Waals surface area contributed by atoms with Gasteiger partial charge in [-0.05, 0) is 18.6 Å². The van der Waals surface area contributed by atoms with Crippen molar-refractivity contribution in [2.75, 3.05) is 30.5 Å². The molecule has 5 N–H and O–H groups in total. The van der Waals surface area contributed by atoms with Crippen molar-refractivity contribution in [3.8, 4) is 0 Å². The van der Waals surface area contributed by atoms with Crippen LogP contribution in [0, 0.1) is 0 Å². The van der Waals surface area contributed by atoms with E-state index in [-0.39, 0.29) is 5.75 Å². The van der Waals surface area contributed by atoms with Gasteiger partial charge in [0, 0.05) is 16.3 Å². The highest BCUT2D eigenvalue weighted by Gasteiger charge is 2.31. The van der Waals surface area contributed by atoms with E-state index in [9.17, 15) is 18.6 Å². The van der Waals surface area contributed by atoms with Gasteiger partial charge in [-0.25, -0.2) is 13.1 Å². The molecule has 0 radical (unpaired) electrons. The van der Waals surface area contributed by atoms with Crippen LogP contribution in [0.1, 0.15) is 13.3 Å². The predicted molar refractivity (Wildman–Crippen MR) is 85.7 cm³/mol. The van der Waals surface area contributed by atoms with Gasteiger partial charge in [0.2, 0.25) is 10.0 Å². The number of hydrogen-bond donors (Lipinski definition) is 4. The van der Waals surface area contributed by atoms with Gasteiger partial charge in [-0.2, -0.15) is 0 Å². The van der Waals surface area contributed by atoms with Crippen molar-refractivity contribution in [1.29, 1.82) is 0 Å². The SMILES string of the molecule is CCC(CO)(CO)NS(=O)(=O)CCSc1ccccc1N. The molecule has 120 valence electrons. The zero-order valence-corrected chi connectivity index (χ0v) is 13.6. The molecule has 0 atom stereocenters. The third-order valence-electron chi connectivity index (χ3n) is 3.18. The molecular weight excluding hydrogens is 312 g/mol. The number of nitrogens with one attached hydrogen (secondary N) is 1. The summed E-state index contributed by atoms with van der Waals surface area (Å²) in [7, 11) is -3.59. The predicted octanol–water partition coefficient (Wildman–Crippen LogP) is 0.414. The van der Waals surface area contributed by atoms with Crippen LogP contribution in [0.5, 0.6) is 0 Å². The lowest BCUT2D eigenvalue weighted by Crippen LogP contribution is -2.54. The summed E-state index contributed by atoms with van der Waals surface area (Å²) in [5.74, 6) is 0.216. The molecule has 6 nitrogen and oxygen atoms in total. The lowest BCUT2D eigenvalue weighted by Gasteiger charge is -2.29. The van der Waals surface area contributed by atoms with Gasteiger partial charge in [0.15, 0.2) is 0 Å². The van der Waals surface area contributed by atoms with Crippen LogP contribution in [0.25, 0.3) is 0 Å². The maximum Gasteiger partial charge on any atom is 0.213 e. The number of aliphatic hydroxyl groups excluding tert-OH is 2. The number of aliphatic hydroxyl groups is 2. The molecule has 21 heavy (non-hydrogen) atoms. The quantitative estimate of drug-likeness (QED) is 0.384. The van der Waals surface area contributed by atoms with Gasteiger partial charge in [-0.15, -0.1) is 11.8 Å². The summed E-state index contributed by atoms with van der Waals surface area (Å²) in [6, 6.07) is 7.24. The minimum Gasteiger partial charge on any atom is -0.398 e. The Balaban J connectivity index is 2.59. The van der Waals surface area contributed by atoms with E-state index in [1.807, 2.05) is 18.2 Å². The Morgan fingerprint density at radius 2 is 1.90 bits per heavy atom. The van der Waals surface area contributed by atoms with E-state index in [0.29, 0.717) is 17.9 Å². The number of para-hydroxylation sites is 1. The lowest BCUT2D eigenvalue weighted by atomic mass is 10.0. The van der Waals surface area contributed by atoms with E-state index in [4.69, 9.17) is 5.73 Å². The molecule has 0 unspecified atom stereocenters. The molecule has 0 heterocycles. The maximum atomic E-state index is 12.0. The Hall–Kier alpha value is -0.800. The summed E-state index contributed by atoms with van der Waals surface area (Å²) in [5, 5.41) is 18.5. The third kappa shape index (κ3) is 5.48. The van der Waals surface area contributed by atoms with Gasteiger partial charge in [-0.3, -0.25) is 0 Å². The van der Waals surface area contributed by atoms with Crippen molar-refractivity contribution in [2.24, 2.45) is 0 Å². The molecule has 0 aromatic heterocycles. The van der Waals surface area contributed by atoms with E-state index in [1.54, 1.807) is 13.0 Å². The second kappa shape index (κ2) is 8.00. The third-order valence-corrected chi connectivity index (χ3v) is 6.02. The van der Waals surface area contributed by atoms with Crippen LogP contribution in [0.15, 0.2) is 29.2 Å². The highest BCUT2D eigenvalue weighted by Crippen LogP contribution is 2.24. The van der Waals surface area contributed by atoms with Gasteiger partial charge >= 0.3 is 0 Å². The Morgan fingerprint density at radius 3 is 2.43 bits per heavy atom. The van der Waals surface area contributed by atoms with Crippen LogP contribution in [0.3, 0.4) is 0 Å². The zero-order valence-electron chi connectivity index (χ0n) is 11.9. The smallest absolute Gasteiger partial charge is 0.213 e. The summed E-state index contributed by atoms with van der Waals surface area (Å²) in [5.41, 5.74) is 5.20. The van der Waals surface area contributed by atoms with Crippen molar-refractivity contribution >= 4 is 27.5 Å². The Kier molecular flexibility index (Phi) is 6.95. The van der Waals surface area contributed by atoms with Crippen LogP contribution in [0.4, 0.5) is 5.69 Å². The highest BCUT2D eigenvalue weighted by molar-refractivity contribution is 8.00. The molecule has 8 heteroatoms. The van der Waals surface area contributed by atoms with Crippen LogP contribution >= 0.6 is 11.8 Å². The summed E-state index contributed by atoms with van der Waals surface area (Å²) in [6.07, 6.45) is 0.304. The molecule has 1 aromatic carbocycles. The summed E-state index contributed by atoms with van der Waals surface area (Å²) in [4.78, 5) is 0.832. The van der Waals surface area contributed by atoms with Crippen molar-refractivity contribution in [2.45, 2.75) is 23.8 Å². The molecule has 0 aliphatic carbocycles. The Morgan fingerprint density at radius 1 is 1.29 bits per heavy atom. The number of benzene rings is 1. The minimum absolute atomic E-state index is 0.117. The summed E-state index contributed by atoms with van der Waals surface area (Å²) < 4.78 is 26.4. The molecule has 0 saturated heterocycles. The molecule has 1 aromatic rings. The normalized spacial score (nSPS) is 12.5. The molecular formula is C13H22N2O4S2. The fourth-order valence-corrected chi connectivity index (χ4v) is 4.54. The maximum absolute atomic E-state index is 12.0. The second-order valence-electron chi connectivity index (χ2n) is 4.76. The number of nitrogens with two attached hydrogens (primary N) is 1. The highest BCUT2D eigenvalue weighted by atomic mass is 32.2. The van der Waals surface area contributed by atoms with E-state index in [0.717, 1.165) is 4.90 Å². The standard InChI is InChI=1S/C13H22N2O4S2/c1-2-13(9-16,10-17)15-21(18,19)8-7-20-12-6-4-3-5-11(12)14/h3-6,15-17H,2,7-10,14H2,1H3. The monoisotopic (exact) mass is 334 g/mol. The number of sulfonamides is 1. The van der Waals surface area contributed by atoms with E-state index >= 15 is 0 Å². The average Bonchev–Trinajstić information content (AvgIpc) is 2.47. The first-order valence-corrected chi connectivity index (χ1v) is 9.22. The topological polar surface area (TPSA) is 113 Å². The number of thioether (sulfide) groups is 1. The van der Waals surface area contributed by atoms with Crippen LogP contribution in [0.2, 0.25) is 0 Å². The minimum atomic E-state index is -3.59. The van der Waals surface area contributed by atoms with Crippen LogP contribution < -0.4 is 10.5 Å². The summed E-state index contributed by atoms with van der Waals surface area (Å²) >= 11 is 1.35. The summed E-state index contributed by atoms with van der Waals surface area (Å²) in [6.45, 7) is 0.810. The zero-order chi connectivity index (χ0) is 15.9. The molecule has 0 spiro atoms. The molecule has 0 bridgehead atoms. The van der Waals surface area contributed by atoms with Crippen LogP contribution in [-0.2, 0) is 10.0 Å². The second-order valence-corrected chi connectivity index (χ2v) is 7.74. The number of nitrogen functional groups attached to an aromatic ring is 1. The van der Waals surface area contributed by atoms with Gasteiger partial charge in [-0.1, -0.05) is 19.1 Å². The molecule has 0 aliphatic rings. The fourth-order valence-electron chi connectivity index (χ4n) is 1.66. The van der Waals surface area contributed by atoms with Crippen molar-refractivity contribution < 1.29 is 18.6 Å². The van der Waals surface area contributed by atoms with Gasteiger partial charge in [0.1, 0.15) is 0 Å². The lowest BCUT2D eigenvalue weighted by molar-refractivity contribution is 0.105.